The van der Waals surface area contributed by atoms with Crippen LogP contribution in [0, 0.1) is 11.3 Å². The van der Waals surface area contributed by atoms with E-state index in [0.29, 0.717) is 5.56 Å². The molecule has 2 aliphatic heterocycles. The molecule has 0 saturated heterocycles. The van der Waals surface area contributed by atoms with E-state index in [1.807, 2.05) is 36.0 Å². The van der Waals surface area contributed by atoms with Crippen molar-refractivity contribution < 1.29 is 0 Å². The molecule has 3 heteroatoms. The fourth-order valence-corrected chi connectivity index (χ4v) is 7.83. The van der Waals surface area contributed by atoms with Gasteiger partial charge < -0.3 is 4.90 Å². The van der Waals surface area contributed by atoms with Gasteiger partial charge in [0, 0.05) is 26.3 Å². The average molecular weight is 535 g/mol. The van der Waals surface area contributed by atoms with E-state index < -0.39 is 0 Å². The van der Waals surface area contributed by atoms with Crippen molar-refractivity contribution in [3.05, 3.63) is 137 Å². The summed E-state index contributed by atoms with van der Waals surface area (Å²) in [6.07, 6.45) is 0. The van der Waals surface area contributed by atoms with Gasteiger partial charge in [-0.15, -0.1) is 0 Å². The standard InChI is InChI=1S/C37H30N2S/c1-36(2)28-9-5-7-11-32(28)39(33-12-8-6-10-29(33)36)27-18-20-35-31(22-27)37(3,4)30-21-26(17-19-34(30)40-35)25-15-13-24(23-38)14-16-25/h5-22H,1-4H3. The smallest absolute Gasteiger partial charge is 0.0991 e. The largest absolute Gasteiger partial charge is 0.310 e. The monoisotopic (exact) mass is 534 g/mol. The zero-order valence-electron chi connectivity index (χ0n) is 23.2. The summed E-state index contributed by atoms with van der Waals surface area (Å²) < 4.78 is 0. The van der Waals surface area contributed by atoms with E-state index in [1.165, 1.54) is 54.7 Å². The SMILES string of the molecule is CC1(C)c2cc(-c3ccc(C#N)cc3)ccc2Sc2ccc(N3c4ccccc4C(C)(C)c4ccccc43)cc21. The number of hydrogen-bond acceptors (Lipinski definition) is 3. The number of hydrogen-bond donors (Lipinski definition) is 0. The molecule has 0 aromatic heterocycles. The first-order chi connectivity index (χ1) is 19.3. The summed E-state index contributed by atoms with van der Waals surface area (Å²) >= 11 is 1.86. The second-order valence-corrected chi connectivity index (χ2v) is 12.9. The van der Waals surface area contributed by atoms with Crippen molar-refractivity contribution in [2.45, 2.75) is 48.3 Å². The molecule has 0 spiro atoms. The fraction of sp³-hybridized carbons (Fsp3) is 0.162. The second-order valence-electron chi connectivity index (χ2n) is 11.8. The molecule has 2 heterocycles. The highest BCUT2D eigenvalue weighted by molar-refractivity contribution is 7.99. The van der Waals surface area contributed by atoms with Crippen LogP contribution in [0.1, 0.15) is 55.5 Å². The maximum Gasteiger partial charge on any atom is 0.0991 e. The molecule has 0 saturated carbocycles. The fourth-order valence-electron chi connectivity index (χ4n) is 6.47. The molecule has 0 amide bonds. The van der Waals surface area contributed by atoms with Gasteiger partial charge in [0.2, 0.25) is 0 Å². The summed E-state index contributed by atoms with van der Waals surface area (Å²) in [7, 11) is 0. The van der Waals surface area contributed by atoms with Crippen LogP contribution in [0.15, 0.2) is 119 Å². The van der Waals surface area contributed by atoms with Gasteiger partial charge in [0.05, 0.1) is 23.0 Å². The van der Waals surface area contributed by atoms with Crippen LogP contribution in [-0.4, -0.2) is 0 Å². The normalized spacial score (nSPS) is 15.7. The zero-order chi connectivity index (χ0) is 27.6. The molecule has 5 aromatic carbocycles. The number of rotatable bonds is 2. The highest BCUT2D eigenvalue weighted by Gasteiger charge is 2.38. The van der Waals surface area contributed by atoms with Gasteiger partial charge in [-0.2, -0.15) is 5.26 Å². The number of benzene rings is 5. The first-order valence-corrected chi connectivity index (χ1v) is 14.6. The Kier molecular flexibility index (Phi) is 5.50. The third-order valence-corrected chi connectivity index (χ3v) is 9.90. The average Bonchev–Trinajstić information content (AvgIpc) is 2.98. The maximum atomic E-state index is 9.21. The second kappa shape index (κ2) is 8.88. The zero-order valence-corrected chi connectivity index (χ0v) is 24.0. The molecular formula is C37H30N2S. The highest BCUT2D eigenvalue weighted by Crippen LogP contribution is 2.54. The van der Waals surface area contributed by atoms with Gasteiger partial charge in [0.1, 0.15) is 0 Å². The lowest BCUT2D eigenvalue weighted by Crippen LogP contribution is -2.31. The van der Waals surface area contributed by atoms with E-state index in [4.69, 9.17) is 0 Å². The van der Waals surface area contributed by atoms with Crippen molar-refractivity contribution in [1.29, 1.82) is 5.26 Å². The van der Waals surface area contributed by atoms with Crippen LogP contribution in [-0.2, 0) is 10.8 Å². The van der Waals surface area contributed by atoms with E-state index in [0.717, 1.165) is 5.56 Å². The predicted octanol–water partition coefficient (Wildman–Crippen LogP) is 10.1. The molecule has 0 N–H and O–H groups in total. The van der Waals surface area contributed by atoms with E-state index in [2.05, 4.69) is 124 Å². The van der Waals surface area contributed by atoms with Crippen LogP contribution in [0.3, 0.4) is 0 Å². The number of nitrogens with zero attached hydrogens (tertiary/aromatic N) is 2. The molecule has 7 rings (SSSR count). The van der Waals surface area contributed by atoms with Crippen LogP contribution in [0.4, 0.5) is 17.1 Å². The van der Waals surface area contributed by atoms with Gasteiger partial charge >= 0.3 is 0 Å². The Morgan fingerprint density at radius 1 is 0.575 bits per heavy atom. The molecule has 0 radical (unpaired) electrons. The number of para-hydroxylation sites is 2. The summed E-state index contributed by atoms with van der Waals surface area (Å²) in [6, 6.07) is 41.6. The first-order valence-electron chi connectivity index (χ1n) is 13.8. The van der Waals surface area contributed by atoms with Crippen LogP contribution in [0.25, 0.3) is 11.1 Å². The molecule has 2 aliphatic rings. The Hall–Kier alpha value is -4.26. The molecular weight excluding hydrogens is 504 g/mol. The summed E-state index contributed by atoms with van der Waals surface area (Å²) in [4.78, 5) is 5.06. The Labute approximate surface area is 240 Å². The topological polar surface area (TPSA) is 27.0 Å². The minimum atomic E-state index is -0.178. The van der Waals surface area contributed by atoms with Gasteiger partial charge in [0.25, 0.3) is 0 Å². The van der Waals surface area contributed by atoms with Crippen LogP contribution < -0.4 is 4.90 Å². The lowest BCUT2D eigenvalue weighted by molar-refractivity contribution is 0.607. The molecule has 5 aromatic rings. The van der Waals surface area contributed by atoms with Crippen molar-refractivity contribution >= 4 is 28.8 Å². The lowest BCUT2D eigenvalue weighted by atomic mass is 9.73. The number of nitriles is 1. The maximum absolute atomic E-state index is 9.21. The third-order valence-electron chi connectivity index (χ3n) is 8.75. The van der Waals surface area contributed by atoms with Crippen molar-refractivity contribution in [3.8, 4) is 17.2 Å². The van der Waals surface area contributed by atoms with Gasteiger partial charge in [0.15, 0.2) is 0 Å². The Morgan fingerprint density at radius 3 is 1.73 bits per heavy atom. The van der Waals surface area contributed by atoms with Gasteiger partial charge in [-0.25, -0.2) is 0 Å². The summed E-state index contributed by atoms with van der Waals surface area (Å²) in [5.41, 5.74) is 11.8. The van der Waals surface area contributed by atoms with Crippen molar-refractivity contribution in [2.24, 2.45) is 0 Å². The Balaban J connectivity index is 1.36. The molecule has 194 valence electrons. The predicted molar refractivity (Wildman–Crippen MR) is 166 cm³/mol. The van der Waals surface area contributed by atoms with Gasteiger partial charge in [-0.3, -0.25) is 0 Å². The number of anilines is 3. The summed E-state index contributed by atoms with van der Waals surface area (Å²) in [6.45, 7) is 9.35. The first kappa shape index (κ1) is 24.8. The van der Waals surface area contributed by atoms with E-state index in [1.54, 1.807) is 0 Å². The minimum absolute atomic E-state index is 0.0756. The molecule has 0 bridgehead atoms. The molecule has 2 nitrogen and oxygen atoms in total. The van der Waals surface area contributed by atoms with Crippen LogP contribution in [0.5, 0.6) is 0 Å². The van der Waals surface area contributed by atoms with Crippen molar-refractivity contribution in [2.75, 3.05) is 4.90 Å². The third kappa shape index (κ3) is 3.64. The molecule has 40 heavy (non-hydrogen) atoms. The van der Waals surface area contributed by atoms with E-state index in [-0.39, 0.29) is 10.8 Å². The van der Waals surface area contributed by atoms with E-state index >= 15 is 0 Å². The highest BCUT2D eigenvalue weighted by atomic mass is 32.2. The molecule has 0 fully saturated rings. The number of fused-ring (bicyclic) bond motifs is 4. The minimum Gasteiger partial charge on any atom is -0.310 e. The Morgan fingerprint density at radius 2 is 1.10 bits per heavy atom. The lowest BCUT2D eigenvalue weighted by Gasteiger charge is -2.42. The molecule has 0 atom stereocenters. The van der Waals surface area contributed by atoms with Gasteiger partial charge in [-0.05, 0) is 88.0 Å². The van der Waals surface area contributed by atoms with Crippen molar-refractivity contribution in [1.82, 2.24) is 0 Å². The van der Waals surface area contributed by atoms with Crippen LogP contribution in [0.2, 0.25) is 0 Å². The van der Waals surface area contributed by atoms with E-state index in [9.17, 15) is 5.26 Å². The summed E-state index contributed by atoms with van der Waals surface area (Å²) in [5, 5.41) is 9.21. The van der Waals surface area contributed by atoms with Crippen molar-refractivity contribution in [3.63, 3.8) is 0 Å². The summed E-state index contributed by atoms with van der Waals surface area (Å²) in [5.74, 6) is 0. The molecule has 0 aliphatic carbocycles. The Bertz CT molecular complexity index is 1790. The molecule has 0 unspecified atom stereocenters. The van der Waals surface area contributed by atoms with Crippen LogP contribution >= 0.6 is 11.8 Å². The van der Waals surface area contributed by atoms with Gasteiger partial charge in [-0.1, -0.05) is 94.1 Å². The quantitative estimate of drug-likeness (QED) is 0.225.